The van der Waals surface area contributed by atoms with Crippen LogP contribution in [-0.2, 0) is 16.1 Å². The van der Waals surface area contributed by atoms with E-state index in [9.17, 15) is 22.8 Å². The molecule has 2 heterocycles. The van der Waals surface area contributed by atoms with E-state index in [1.807, 2.05) is 4.90 Å². The number of likely N-dealkylation sites (N-methyl/N-ethyl adjacent to an activating group) is 1. The van der Waals surface area contributed by atoms with Crippen LogP contribution in [0, 0.1) is 5.82 Å². The summed E-state index contributed by atoms with van der Waals surface area (Å²) < 4.78 is 58.1. The van der Waals surface area contributed by atoms with Crippen molar-refractivity contribution >= 4 is 34.8 Å². The summed E-state index contributed by atoms with van der Waals surface area (Å²) in [4.78, 5) is 32.7. The number of hydrogen-bond donors (Lipinski definition) is 1. The highest BCUT2D eigenvalue weighted by atomic mass is 35.5. The predicted octanol–water partition coefficient (Wildman–Crippen LogP) is 4.10. The second-order valence-corrected chi connectivity index (χ2v) is 10.7. The molecule has 2 aromatic carbocycles. The van der Waals surface area contributed by atoms with Gasteiger partial charge in [0.15, 0.2) is 0 Å². The minimum atomic E-state index is -4.20. The Labute approximate surface area is 241 Å². The first-order chi connectivity index (χ1) is 19.5. The highest BCUT2D eigenvalue weighted by Crippen LogP contribution is 2.31. The number of alkyl halides is 3. The van der Waals surface area contributed by atoms with Crippen LogP contribution in [-0.4, -0.2) is 105 Å². The van der Waals surface area contributed by atoms with Gasteiger partial charge in [-0.05, 0) is 42.9 Å². The van der Waals surface area contributed by atoms with Crippen molar-refractivity contribution in [3.05, 3.63) is 58.4 Å². The van der Waals surface area contributed by atoms with E-state index < -0.39 is 24.3 Å². The molecule has 2 amide bonds. The molecule has 8 nitrogen and oxygen atoms in total. The number of ether oxygens (including phenoxy) is 1. The minimum absolute atomic E-state index is 0.0197. The van der Waals surface area contributed by atoms with E-state index in [1.54, 1.807) is 46.0 Å². The molecule has 0 unspecified atom stereocenters. The SMILES string of the molecule is CN(CC(=O)N1CCOCC1)Cc1ccc(C(=O)Nc2ccc(Cl)cc2N2CCN(CCC(F)(F)F)CC2)c(F)c1. The van der Waals surface area contributed by atoms with Gasteiger partial charge in [-0.1, -0.05) is 17.7 Å². The van der Waals surface area contributed by atoms with Crippen LogP contribution in [0.3, 0.4) is 0 Å². The Bertz CT molecular complexity index is 1220. The molecule has 0 atom stereocenters. The predicted molar refractivity (Wildman–Crippen MR) is 149 cm³/mol. The fraction of sp³-hybridized carbons (Fsp3) is 0.500. The fourth-order valence-corrected chi connectivity index (χ4v) is 5.08. The van der Waals surface area contributed by atoms with Crippen LogP contribution in [0.5, 0.6) is 0 Å². The lowest BCUT2D eigenvalue weighted by molar-refractivity contribution is -0.138. The molecule has 41 heavy (non-hydrogen) atoms. The topological polar surface area (TPSA) is 68.4 Å². The Hall–Kier alpha value is -2.93. The Kier molecular flexibility index (Phi) is 10.5. The lowest BCUT2D eigenvalue weighted by atomic mass is 10.1. The van der Waals surface area contributed by atoms with Crippen molar-refractivity contribution in [2.24, 2.45) is 0 Å². The number of carbonyl (C=O) groups is 2. The molecule has 224 valence electrons. The van der Waals surface area contributed by atoms with Gasteiger partial charge in [0, 0.05) is 57.4 Å². The summed E-state index contributed by atoms with van der Waals surface area (Å²) in [5.74, 6) is -1.35. The number of rotatable bonds is 9. The third-order valence-electron chi connectivity index (χ3n) is 7.13. The highest BCUT2D eigenvalue weighted by Gasteiger charge is 2.29. The number of halogens is 5. The van der Waals surface area contributed by atoms with Gasteiger partial charge in [0.25, 0.3) is 5.91 Å². The van der Waals surface area contributed by atoms with Crippen LogP contribution < -0.4 is 10.2 Å². The molecule has 2 fully saturated rings. The van der Waals surface area contributed by atoms with Crippen LogP contribution in [0.4, 0.5) is 28.9 Å². The molecule has 13 heteroatoms. The second kappa shape index (κ2) is 13.8. The van der Waals surface area contributed by atoms with E-state index in [-0.39, 0.29) is 24.6 Å². The largest absolute Gasteiger partial charge is 0.390 e. The maximum absolute atomic E-state index is 15.0. The molecule has 2 aliphatic rings. The Morgan fingerprint density at radius 1 is 1.02 bits per heavy atom. The summed E-state index contributed by atoms with van der Waals surface area (Å²) in [6, 6.07) is 9.25. The molecule has 2 aliphatic heterocycles. The fourth-order valence-electron chi connectivity index (χ4n) is 4.91. The average molecular weight is 600 g/mol. The van der Waals surface area contributed by atoms with Crippen molar-refractivity contribution in [1.29, 1.82) is 0 Å². The van der Waals surface area contributed by atoms with Crippen molar-refractivity contribution < 1.29 is 31.9 Å². The second-order valence-electron chi connectivity index (χ2n) is 10.3. The lowest BCUT2D eigenvalue weighted by Crippen LogP contribution is -2.47. The normalized spacial score (nSPS) is 16.8. The zero-order chi connectivity index (χ0) is 29.6. The first-order valence-corrected chi connectivity index (χ1v) is 13.8. The smallest absolute Gasteiger partial charge is 0.378 e. The molecule has 0 spiro atoms. The number of piperazine rings is 1. The maximum Gasteiger partial charge on any atom is 0.390 e. The van der Waals surface area contributed by atoms with E-state index in [1.165, 1.54) is 12.1 Å². The summed E-state index contributed by atoms with van der Waals surface area (Å²) >= 11 is 6.21. The van der Waals surface area contributed by atoms with Gasteiger partial charge in [-0.25, -0.2) is 4.39 Å². The molecular weight excluding hydrogens is 566 g/mol. The Balaban J connectivity index is 1.36. The van der Waals surface area contributed by atoms with Gasteiger partial charge < -0.3 is 19.9 Å². The van der Waals surface area contributed by atoms with E-state index in [0.717, 1.165) is 0 Å². The number of morpholine rings is 1. The van der Waals surface area contributed by atoms with Gasteiger partial charge >= 0.3 is 6.18 Å². The molecule has 0 radical (unpaired) electrons. The van der Waals surface area contributed by atoms with Gasteiger partial charge in [0.2, 0.25) is 5.91 Å². The zero-order valence-electron chi connectivity index (χ0n) is 22.9. The summed E-state index contributed by atoms with van der Waals surface area (Å²) in [7, 11) is 1.77. The van der Waals surface area contributed by atoms with Gasteiger partial charge in [0.1, 0.15) is 5.82 Å². The molecule has 2 saturated heterocycles. The summed E-state index contributed by atoms with van der Waals surface area (Å²) in [6.45, 7) is 4.34. The molecule has 4 rings (SSSR count). The number of carbonyl (C=O) groups excluding carboxylic acids is 2. The van der Waals surface area contributed by atoms with E-state index in [0.29, 0.717) is 81.0 Å². The van der Waals surface area contributed by atoms with Crippen molar-refractivity contribution in [3.8, 4) is 0 Å². The molecule has 0 bridgehead atoms. The van der Waals surface area contributed by atoms with Crippen molar-refractivity contribution in [2.75, 3.05) is 82.8 Å². The third-order valence-corrected chi connectivity index (χ3v) is 7.37. The van der Waals surface area contributed by atoms with Crippen LogP contribution in [0.25, 0.3) is 0 Å². The number of anilines is 2. The van der Waals surface area contributed by atoms with E-state index in [4.69, 9.17) is 16.3 Å². The first-order valence-electron chi connectivity index (χ1n) is 13.5. The van der Waals surface area contributed by atoms with Gasteiger partial charge in [-0.2, -0.15) is 13.2 Å². The van der Waals surface area contributed by atoms with Crippen molar-refractivity contribution in [3.63, 3.8) is 0 Å². The number of hydrogen-bond acceptors (Lipinski definition) is 6. The monoisotopic (exact) mass is 599 g/mol. The first kappa shape index (κ1) is 31.0. The quantitative estimate of drug-likeness (QED) is 0.438. The highest BCUT2D eigenvalue weighted by molar-refractivity contribution is 6.31. The summed E-state index contributed by atoms with van der Waals surface area (Å²) in [6.07, 6.45) is -5.06. The molecule has 0 aliphatic carbocycles. The average Bonchev–Trinajstić information content (AvgIpc) is 2.93. The number of nitrogens with zero attached hydrogens (tertiary/aromatic N) is 4. The van der Waals surface area contributed by atoms with Gasteiger partial charge in [-0.15, -0.1) is 0 Å². The number of amides is 2. The zero-order valence-corrected chi connectivity index (χ0v) is 23.6. The molecule has 0 saturated carbocycles. The minimum Gasteiger partial charge on any atom is -0.378 e. The van der Waals surface area contributed by atoms with E-state index >= 15 is 4.39 Å². The lowest BCUT2D eigenvalue weighted by Gasteiger charge is -2.37. The van der Waals surface area contributed by atoms with Gasteiger partial charge in [0.05, 0.1) is 43.1 Å². The maximum atomic E-state index is 15.0. The van der Waals surface area contributed by atoms with E-state index in [2.05, 4.69) is 5.32 Å². The van der Waals surface area contributed by atoms with Crippen LogP contribution in [0.2, 0.25) is 5.02 Å². The molecule has 2 aromatic rings. The van der Waals surface area contributed by atoms with Gasteiger partial charge in [-0.3, -0.25) is 19.4 Å². The number of benzene rings is 2. The van der Waals surface area contributed by atoms with Crippen molar-refractivity contribution in [2.45, 2.75) is 19.1 Å². The standard InChI is InChI=1S/C28H34ClF4N5O3/c1-35(19-26(39)38-12-14-41-15-13-38)18-20-2-4-22(23(30)16-20)27(40)34-24-5-3-21(29)17-25(24)37-10-8-36(9-11-37)7-6-28(31,32)33/h2-5,16-17H,6-15,18-19H2,1H3,(H,34,40). The molecular formula is C28H34ClF4N5O3. The van der Waals surface area contributed by atoms with Crippen LogP contribution >= 0.6 is 11.6 Å². The summed E-state index contributed by atoms with van der Waals surface area (Å²) in [5, 5.41) is 3.19. The Morgan fingerprint density at radius 2 is 1.73 bits per heavy atom. The number of nitrogens with one attached hydrogen (secondary N) is 1. The third kappa shape index (κ3) is 9.03. The van der Waals surface area contributed by atoms with Crippen LogP contribution in [0.1, 0.15) is 22.3 Å². The molecule has 1 N–H and O–H groups in total. The van der Waals surface area contributed by atoms with Crippen LogP contribution in [0.15, 0.2) is 36.4 Å². The molecule has 0 aromatic heterocycles. The summed E-state index contributed by atoms with van der Waals surface area (Å²) in [5.41, 5.74) is 1.52. The van der Waals surface area contributed by atoms with Crippen molar-refractivity contribution in [1.82, 2.24) is 14.7 Å². The Morgan fingerprint density at radius 3 is 2.39 bits per heavy atom.